The van der Waals surface area contributed by atoms with Crippen molar-refractivity contribution in [2.45, 2.75) is 148 Å². The van der Waals surface area contributed by atoms with Gasteiger partial charge in [-0.15, -0.1) is 0 Å². The molecule has 6 heteroatoms. The van der Waals surface area contributed by atoms with E-state index in [1.165, 1.54) is 0 Å². The second-order valence-corrected chi connectivity index (χ2v) is 17.5. The number of carbonyl (C=O) groups is 4. The van der Waals surface area contributed by atoms with Crippen LogP contribution in [-0.4, -0.2) is 44.5 Å². The van der Waals surface area contributed by atoms with Gasteiger partial charge in [0.2, 0.25) is 0 Å². The lowest BCUT2D eigenvalue weighted by molar-refractivity contribution is -0.228. The summed E-state index contributed by atoms with van der Waals surface area (Å²) in [6, 6.07) is 0. The lowest BCUT2D eigenvalue weighted by Crippen LogP contribution is -2.65. The highest BCUT2D eigenvalue weighted by Crippen LogP contribution is 2.68. The predicted octanol–water partition coefficient (Wildman–Crippen LogP) is 6.48. The van der Waals surface area contributed by atoms with Crippen molar-refractivity contribution in [2.75, 3.05) is 0 Å². The van der Waals surface area contributed by atoms with E-state index in [9.17, 15) is 29.4 Å². The SMILES string of the molecule is C[C@]12CCC(=O)C=C1CC[C@H]1[C@@H]3CCC(=O)[C@@]3(C)CC[C@@]12O.C[C@]12CCC(=O)C[C@H]1CC[C@H]1[C@@H]3CCC(=O)[C@@]3(C)CC[C@@]12O. The molecule has 8 aliphatic rings. The molecule has 8 rings (SSSR count). The van der Waals surface area contributed by atoms with Gasteiger partial charge < -0.3 is 10.2 Å². The second kappa shape index (κ2) is 9.92. The highest BCUT2D eigenvalue weighted by molar-refractivity contribution is 5.92. The molecule has 7 saturated carbocycles. The molecule has 0 heterocycles. The first-order valence-corrected chi connectivity index (χ1v) is 17.9. The summed E-state index contributed by atoms with van der Waals surface area (Å²) in [5, 5.41) is 23.5. The molecule has 0 amide bonds. The van der Waals surface area contributed by atoms with Gasteiger partial charge >= 0.3 is 0 Å². The number of fused-ring (bicyclic) bond motifs is 10. The molecule has 2 N–H and O–H groups in total. The molecule has 0 unspecified atom stereocenters. The summed E-state index contributed by atoms with van der Waals surface area (Å²) in [5.41, 5.74) is -1.02. The average Bonchev–Trinajstić information content (AvgIpc) is 3.45. The van der Waals surface area contributed by atoms with Crippen LogP contribution in [0.3, 0.4) is 0 Å². The van der Waals surface area contributed by atoms with Crippen molar-refractivity contribution >= 4 is 23.1 Å². The second-order valence-electron chi connectivity index (χ2n) is 17.5. The number of Topliss-reactive ketones (excluding diaryl/α,β-unsaturated/α-hetero) is 3. The Balaban J connectivity index is 0.000000142. The van der Waals surface area contributed by atoms with Gasteiger partial charge in [-0.3, -0.25) is 19.2 Å². The zero-order valence-corrected chi connectivity index (χ0v) is 27.5. The molecule has 0 aromatic rings. The minimum atomic E-state index is -0.730. The first-order chi connectivity index (χ1) is 20.6. The van der Waals surface area contributed by atoms with E-state index in [1.54, 1.807) is 0 Å². The molecule has 0 aromatic carbocycles. The topological polar surface area (TPSA) is 109 Å². The van der Waals surface area contributed by atoms with E-state index in [2.05, 4.69) is 27.7 Å². The van der Waals surface area contributed by atoms with E-state index in [0.29, 0.717) is 73.6 Å². The summed E-state index contributed by atoms with van der Waals surface area (Å²) in [6.07, 6.45) is 15.5. The molecule has 242 valence electrons. The molecule has 11 atom stereocenters. The first kappa shape index (κ1) is 31.0. The molecule has 0 radical (unpaired) electrons. The lowest BCUT2D eigenvalue weighted by Gasteiger charge is -2.64. The Morgan fingerprint density at radius 1 is 0.591 bits per heavy atom. The van der Waals surface area contributed by atoms with Gasteiger partial charge in [0.05, 0.1) is 11.2 Å². The predicted molar refractivity (Wildman–Crippen MR) is 166 cm³/mol. The van der Waals surface area contributed by atoms with Crippen molar-refractivity contribution in [3.63, 3.8) is 0 Å². The molecule has 8 aliphatic carbocycles. The molecule has 0 bridgehead atoms. The van der Waals surface area contributed by atoms with Crippen molar-refractivity contribution in [1.29, 1.82) is 0 Å². The lowest BCUT2D eigenvalue weighted by atomic mass is 9.43. The highest BCUT2D eigenvalue weighted by atomic mass is 16.3. The molecular weight excluding hydrogens is 552 g/mol. The largest absolute Gasteiger partial charge is 0.389 e. The fraction of sp³-hybridized carbons (Fsp3) is 0.842. The van der Waals surface area contributed by atoms with Crippen LogP contribution in [0.5, 0.6) is 0 Å². The van der Waals surface area contributed by atoms with Crippen molar-refractivity contribution in [2.24, 2.45) is 51.2 Å². The molecule has 0 aliphatic heterocycles. The van der Waals surface area contributed by atoms with Crippen LogP contribution >= 0.6 is 0 Å². The Bertz CT molecular complexity index is 1330. The standard InChI is InChI=1S/C19H28O3.C19H26O3/c2*1-17-9-10-19(22)15(14(17)5-6-16(17)21)4-3-12-11-13(20)7-8-18(12,19)2/h12,14-15,22H,3-11H2,1-2H3;11,14-15,22H,3-10H2,1-2H3/t12-,14+,15+,17+,18+,19-;14-,15-,17-,18-,19+/m10/s1. The van der Waals surface area contributed by atoms with Crippen molar-refractivity contribution < 1.29 is 29.4 Å². The van der Waals surface area contributed by atoms with Crippen LogP contribution in [0, 0.1) is 51.2 Å². The van der Waals surface area contributed by atoms with Crippen molar-refractivity contribution in [1.82, 2.24) is 0 Å². The normalized spacial score (nSPS) is 52.8. The maximum atomic E-state index is 12.4. The quantitative estimate of drug-likeness (QED) is 0.327. The van der Waals surface area contributed by atoms with Gasteiger partial charge in [0, 0.05) is 53.8 Å². The third-order valence-corrected chi connectivity index (χ3v) is 16.2. The van der Waals surface area contributed by atoms with E-state index in [-0.39, 0.29) is 39.3 Å². The summed E-state index contributed by atoms with van der Waals surface area (Å²) in [5.74, 6) is 2.92. The Hall–Kier alpha value is -1.66. The molecule has 6 nitrogen and oxygen atoms in total. The fourth-order valence-corrected chi connectivity index (χ4v) is 13.0. The highest BCUT2D eigenvalue weighted by Gasteiger charge is 2.68. The summed E-state index contributed by atoms with van der Waals surface area (Å²) >= 11 is 0. The number of hydrogen-bond donors (Lipinski definition) is 2. The van der Waals surface area contributed by atoms with Gasteiger partial charge in [-0.25, -0.2) is 0 Å². The summed E-state index contributed by atoms with van der Waals surface area (Å²) in [7, 11) is 0. The zero-order valence-electron chi connectivity index (χ0n) is 27.5. The molecule has 0 saturated heterocycles. The van der Waals surface area contributed by atoms with Crippen molar-refractivity contribution in [3.8, 4) is 0 Å². The Morgan fingerprint density at radius 2 is 1.16 bits per heavy atom. The van der Waals surface area contributed by atoms with E-state index >= 15 is 0 Å². The van der Waals surface area contributed by atoms with Gasteiger partial charge in [-0.05, 0) is 113 Å². The molecular formula is C38H54O6. The first-order valence-electron chi connectivity index (χ1n) is 17.9. The molecule has 0 spiro atoms. The van der Waals surface area contributed by atoms with Crippen LogP contribution in [0.15, 0.2) is 11.6 Å². The number of rotatable bonds is 0. The van der Waals surface area contributed by atoms with E-state index in [1.807, 2.05) is 6.08 Å². The average molecular weight is 607 g/mol. The fourth-order valence-electron chi connectivity index (χ4n) is 13.0. The number of aliphatic hydroxyl groups is 2. The minimum Gasteiger partial charge on any atom is -0.389 e. The monoisotopic (exact) mass is 606 g/mol. The van der Waals surface area contributed by atoms with Crippen LogP contribution in [0.2, 0.25) is 0 Å². The number of hydrogen-bond acceptors (Lipinski definition) is 6. The molecule has 7 fully saturated rings. The Labute approximate surface area is 263 Å². The minimum absolute atomic E-state index is 0.128. The van der Waals surface area contributed by atoms with Gasteiger partial charge in [0.25, 0.3) is 0 Å². The number of ketones is 4. The van der Waals surface area contributed by atoms with E-state index in [4.69, 9.17) is 0 Å². The Morgan fingerprint density at radius 3 is 1.80 bits per heavy atom. The summed E-state index contributed by atoms with van der Waals surface area (Å²) in [4.78, 5) is 48.4. The third kappa shape index (κ3) is 3.91. The van der Waals surface area contributed by atoms with Gasteiger partial charge in [0.1, 0.15) is 17.3 Å². The zero-order chi connectivity index (χ0) is 31.5. The van der Waals surface area contributed by atoms with Crippen molar-refractivity contribution in [3.05, 3.63) is 11.6 Å². The molecule has 0 aromatic heterocycles. The van der Waals surface area contributed by atoms with Gasteiger partial charge in [0.15, 0.2) is 5.78 Å². The van der Waals surface area contributed by atoms with Crippen LogP contribution in [-0.2, 0) is 19.2 Å². The maximum Gasteiger partial charge on any atom is 0.155 e. The van der Waals surface area contributed by atoms with E-state index in [0.717, 1.165) is 76.2 Å². The summed E-state index contributed by atoms with van der Waals surface area (Å²) < 4.78 is 0. The summed E-state index contributed by atoms with van der Waals surface area (Å²) in [6.45, 7) is 8.67. The van der Waals surface area contributed by atoms with Crippen LogP contribution in [0.1, 0.15) is 137 Å². The van der Waals surface area contributed by atoms with Crippen LogP contribution < -0.4 is 0 Å². The smallest absolute Gasteiger partial charge is 0.155 e. The van der Waals surface area contributed by atoms with Gasteiger partial charge in [-0.2, -0.15) is 0 Å². The third-order valence-electron chi connectivity index (χ3n) is 16.2. The Kier molecular flexibility index (Phi) is 6.98. The van der Waals surface area contributed by atoms with Crippen LogP contribution in [0.25, 0.3) is 0 Å². The van der Waals surface area contributed by atoms with Crippen LogP contribution in [0.4, 0.5) is 0 Å². The molecule has 44 heavy (non-hydrogen) atoms. The number of carbonyl (C=O) groups excluding carboxylic acids is 4. The van der Waals surface area contributed by atoms with E-state index < -0.39 is 11.2 Å². The maximum absolute atomic E-state index is 12.4. The van der Waals surface area contributed by atoms with Gasteiger partial charge in [-0.1, -0.05) is 33.3 Å².